The molecule has 0 fully saturated rings. The van der Waals surface area contributed by atoms with Crippen molar-refractivity contribution in [3.05, 3.63) is 67.6 Å². The Morgan fingerprint density at radius 3 is 2.58 bits per heavy atom. The average Bonchev–Trinajstić information content (AvgIpc) is 2.37. The maximum Gasteiger partial charge on any atom is 0.0439 e. The third-order valence-corrected chi connectivity index (χ3v) is 4.55. The lowest BCUT2D eigenvalue weighted by atomic mass is 9.98. The topological polar surface area (TPSA) is 26.0 Å². The normalized spacial score (nSPS) is 12.5. The Morgan fingerprint density at radius 2 is 1.89 bits per heavy atom. The van der Waals surface area contributed by atoms with Gasteiger partial charge in [-0.25, -0.2) is 0 Å². The molecule has 2 aromatic carbocycles. The summed E-state index contributed by atoms with van der Waals surface area (Å²) in [5.74, 6) is 0. The van der Waals surface area contributed by atoms with Crippen LogP contribution < -0.4 is 5.73 Å². The van der Waals surface area contributed by atoms with Gasteiger partial charge in [0.2, 0.25) is 0 Å². The number of benzene rings is 2. The number of aryl methyl sites for hydroxylation is 1. The van der Waals surface area contributed by atoms with E-state index in [0.29, 0.717) is 16.5 Å². The van der Waals surface area contributed by atoms with E-state index in [1.54, 1.807) is 12.1 Å². The third kappa shape index (κ3) is 3.73. The van der Waals surface area contributed by atoms with Crippen LogP contribution in [0.5, 0.6) is 0 Å². The minimum Gasteiger partial charge on any atom is -0.324 e. The van der Waals surface area contributed by atoms with Gasteiger partial charge in [-0.2, -0.15) is 0 Å². The second-order valence-corrected chi connectivity index (χ2v) is 6.25. The molecule has 100 valence electrons. The molecule has 0 bridgehead atoms. The molecule has 0 saturated carbocycles. The van der Waals surface area contributed by atoms with Gasteiger partial charge in [-0.05, 0) is 54.3 Å². The second-order valence-electron chi connectivity index (χ2n) is 4.55. The van der Waals surface area contributed by atoms with E-state index in [-0.39, 0.29) is 6.04 Å². The number of halogens is 3. The fourth-order valence-corrected chi connectivity index (χ4v) is 2.59. The molecule has 0 amide bonds. The van der Waals surface area contributed by atoms with Crippen molar-refractivity contribution in [2.45, 2.75) is 19.4 Å². The monoisotopic (exact) mass is 357 g/mol. The van der Waals surface area contributed by atoms with Crippen molar-refractivity contribution in [1.29, 1.82) is 0 Å². The molecular weight excluding hydrogens is 345 g/mol. The summed E-state index contributed by atoms with van der Waals surface area (Å²) in [4.78, 5) is 0. The maximum absolute atomic E-state index is 6.25. The zero-order valence-corrected chi connectivity index (χ0v) is 13.6. The first kappa shape index (κ1) is 14.9. The third-order valence-electron chi connectivity index (χ3n) is 3.06. The van der Waals surface area contributed by atoms with Crippen LogP contribution in [0, 0.1) is 6.92 Å². The summed E-state index contributed by atoms with van der Waals surface area (Å²) < 4.78 is 1.09. The largest absolute Gasteiger partial charge is 0.324 e. The molecule has 0 spiro atoms. The number of hydrogen-bond acceptors (Lipinski definition) is 1. The van der Waals surface area contributed by atoms with Crippen molar-refractivity contribution in [2.75, 3.05) is 0 Å². The van der Waals surface area contributed by atoms with E-state index in [1.807, 2.05) is 25.1 Å². The Balaban J connectivity index is 2.22. The van der Waals surface area contributed by atoms with Crippen molar-refractivity contribution in [2.24, 2.45) is 5.73 Å². The summed E-state index contributed by atoms with van der Waals surface area (Å²) in [7, 11) is 0. The Bertz CT molecular complexity index is 599. The molecule has 0 heterocycles. The van der Waals surface area contributed by atoms with Crippen LogP contribution in [0.1, 0.15) is 22.7 Å². The van der Waals surface area contributed by atoms with Crippen LogP contribution in [0.4, 0.5) is 0 Å². The van der Waals surface area contributed by atoms with Crippen LogP contribution in [-0.2, 0) is 6.42 Å². The Kier molecular flexibility index (Phi) is 4.91. The smallest absolute Gasteiger partial charge is 0.0439 e. The maximum atomic E-state index is 6.25. The number of rotatable bonds is 3. The van der Waals surface area contributed by atoms with Gasteiger partial charge in [-0.1, -0.05) is 51.3 Å². The molecule has 0 aliphatic rings. The standard InChI is InChI=1S/C15H14BrCl2N/c1-9-6-10(2-4-13(9)16)15(19)8-11-7-12(17)3-5-14(11)18/h2-7,15H,8,19H2,1H3. The molecule has 2 rings (SSSR count). The molecule has 2 N–H and O–H groups in total. The highest BCUT2D eigenvalue weighted by molar-refractivity contribution is 9.10. The first-order chi connectivity index (χ1) is 8.97. The van der Waals surface area contributed by atoms with Gasteiger partial charge < -0.3 is 5.73 Å². The predicted octanol–water partition coefficient (Wildman–Crippen LogP) is 5.31. The van der Waals surface area contributed by atoms with Crippen molar-refractivity contribution >= 4 is 39.1 Å². The Morgan fingerprint density at radius 1 is 1.16 bits per heavy atom. The summed E-state index contributed by atoms with van der Waals surface area (Å²) in [6.45, 7) is 2.05. The van der Waals surface area contributed by atoms with Gasteiger partial charge in [0.15, 0.2) is 0 Å². The highest BCUT2D eigenvalue weighted by Crippen LogP contribution is 2.27. The molecule has 0 aliphatic heterocycles. The lowest BCUT2D eigenvalue weighted by Crippen LogP contribution is -2.13. The van der Waals surface area contributed by atoms with Gasteiger partial charge in [0.05, 0.1) is 0 Å². The zero-order valence-electron chi connectivity index (χ0n) is 10.5. The molecule has 4 heteroatoms. The summed E-state index contributed by atoms with van der Waals surface area (Å²) in [6, 6.07) is 11.5. The first-order valence-electron chi connectivity index (χ1n) is 5.93. The molecule has 0 radical (unpaired) electrons. The quantitative estimate of drug-likeness (QED) is 0.790. The molecule has 1 unspecified atom stereocenters. The number of nitrogens with two attached hydrogens (primary N) is 1. The fourth-order valence-electron chi connectivity index (χ4n) is 1.95. The molecule has 1 nitrogen and oxygen atoms in total. The van der Waals surface area contributed by atoms with Gasteiger partial charge in [0.1, 0.15) is 0 Å². The van der Waals surface area contributed by atoms with Crippen molar-refractivity contribution in [1.82, 2.24) is 0 Å². The first-order valence-corrected chi connectivity index (χ1v) is 7.48. The summed E-state index contributed by atoms with van der Waals surface area (Å²) >= 11 is 15.6. The molecule has 19 heavy (non-hydrogen) atoms. The van der Waals surface area contributed by atoms with Crippen molar-refractivity contribution < 1.29 is 0 Å². The van der Waals surface area contributed by atoms with E-state index >= 15 is 0 Å². The van der Waals surface area contributed by atoms with Crippen LogP contribution in [0.25, 0.3) is 0 Å². The van der Waals surface area contributed by atoms with E-state index < -0.39 is 0 Å². The van der Waals surface area contributed by atoms with Crippen LogP contribution >= 0.6 is 39.1 Å². The second kappa shape index (κ2) is 6.27. The van der Waals surface area contributed by atoms with E-state index in [1.165, 1.54) is 5.56 Å². The van der Waals surface area contributed by atoms with E-state index in [9.17, 15) is 0 Å². The van der Waals surface area contributed by atoms with Crippen LogP contribution in [-0.4, -0.2) is 0 Å². The lowest BCUT2D eigenvalue weighted by Gasteiger charge is -2.14. The predicted molar refractivity (Wildman–Crippen MR) is 86.0 cm³/mol. The molecular formula is C15H14BrCl2N. The Labute approximate surface area is 131 Å². The van der Waals surface area contributed by atoms with E-state index in [4.69, 9.17) is 28.9 Å². The highest BCUT2D eigenvalue weighted by atomic mass is 79.9. The van der Waals surface area contributed by atoms with Crippen molar-refractivity contribution in [3.63, 3.8) is 0 Å². The molecule has 2 aromatic rings. The van der Waals surface area contributed by atoms with E-state index in [2.05, 4.69) is 22.0 Å². The minimum absolute atomic E-state index is 0.0947. The molecule has 0 aromatic heterocycles. The van der Waals surface area contributed by atoms with Crippen LogP contribution in [0.3, 0.4) is 0 Å². The van der Waals surface area contributed by atoms with Gasteiger partial charge in [0.25, 0.3) is 0 Å². The highest BCUT2D eigenvalue weighted by Gasteiger charge is 2.11. The summed E-state index contributed by atoms with van der Waals surface area (Å²) in [5.41, 5.74) is 9.49. The zero-order chi connectivity index (χ0) is 14.0. The lowest BCUT2D eigenvalue weighted by molar-refractivity contribution is 0.721. The van der Waals surface area contributed by atoms with Gasteiger partial charge in [-0.15, -0.1) is 0 Å². The van der Waals surface area contributed by atoms with Gasteiger partial charge in [-0.3, -0.25) is 0 Å². The van der Waals surface area contributed by atoms with E-state index in [0.717, 1.165) is 15.6 Å². The summed E-state index contributed by atoms with van der Waals surface area (Å²) in [5, 5.41) is 1.38. The molecule has 1 atom stereocenters. The molecule has 0 aliphatic carbocycles. The SMILES string of the molecule is Cc1cc(C(N)Cc2cc(Cl)ccc2Cl)ccc1Br. The summed E-state index contributed by atoms with van der Waals surface area (Å²) in [6.07, 6.45) is 0.667. The van der Waals surface area contributed by atoms with Crippen LogP contribution in [0.2, 0.25) is 10.0 Å². The van der Waals surface area contributed by atoms with Gasteiger partial charge >= 0.3 is 0 Å². The minimum atomic E-state index is -0.0947. The number of hydrogen-bond donors (Lipinski definition) is 1. The van der Waals surface area contributed by atoms with Gasteiger partial charge in [0, 0.05) is 20.6 Å². The average molecular weight is 359 g/mol. The fraction of sp³-hybridized carbons (Fsp3) is 0.200. The van der Waals surface area contributed by atoms with Crippen LogP contribution in [0.15, 0.2) is 40.9 Å². The van der Waals surface area contributed by atoms with Crippen molar-refractivity contribution in [3.8, 4) is 0 Å². The molecule has 0 saturated heterocycles. The Hall–Kier alpha value is -0.540.